The Hall–Kier alpha value is -3.35. The van der Waals surface area contributed by atoms with E-state index in [-0.39, 0.29) is 18.2 Å². The molecule has 4 rings (SSSR count). The van der Waals surface area contributed by atoms with E-state index in [2.05, 4.69) is 33.2 Å². The number of aryl methyl sites for hydroxylation is 2. The number of nitrogens with zero attached hydrogens (tertiary/aromatic N) is 3. The topological polar surface area (TPSA) is 80.4 Å². The van der Waals surface area contributed by atoms with Crippen molar-refractivity contribution in [3.8, 4) is 11.3 Å². The van der Waals surface area contributed by atoms with E-state index in [0.717, 1.165) is 28.9 Å². The Bertz CT molecular complexity index is 1050. The van der Waals surface area contributed by atoms with E-state index in [9.17, 15) is 9.59 Å². The summed E-state index contributed by atoms with van der Waals surface area (Å²) in [5.41, 5.74) is 3.99. The van der Waals surface area contributed by atoms with Crippen molar-refractivity contribution in [2.45, 2.75) is 38.8 Å². The molecule has 2 aromatic heterocycles. The van der Waals surface area contributed by atoms with E-state index < -0.39 is 6.04 Å². The zero-order chi connectivity index (χ0) is 21.1. The van der Waals surface area contributed by atoms with Gasteiger partial charge in [-0.2, -0.15) is 0 Å². The molecule has 0 radical (unpaired) electrons. The minimum atomic E-state index is -0.433. The van der Waals surface area contributed by atoms with Crippen molar-refractivity contribution in [3.63, 3.8) is 0 Å². The van der Waals surface area contributed by atoms with E-state index in [1.54, 1.807) is 11.0 Å². The number of hydrogen-bond acceptors (Lipinski definition) is 4. The second-order valence-corrected chi connectivity index (χ2v) is 7.78. The number of amides is 2. The molecule has 156 valence electrons. The summed E-state index contributed by atoms with van der Waals surface area (Å²) in [5.74, 6) is 0.314. The van der Waals surface area contributed by atoms with Crippen molar-refractivity contribution in [2.24, 2.45) is 7.05 Å². The van der Waals surface area contributed by atoms with Crippen LogP contribution in [0.15, 0.2) is 53.2 Å². The Kier molecular flexibility index (Phi) is 5.70. The average molecular weight is 406 g/mol. The van der Waals surface area contributed by atoms with Crippen LogP contribution in [0.5, 0.6) is 0 Å². The molecule has 3 heterocycles. The lowest BCUT2D eigenvalue weighted by Gasteiger charge is -2.23. The van der Waals surface area contributed by atoms with Crippen molar-refractivity contribution >= 4 is 11.8 Å². The summed E-state index contributed by atoms with van der Waals surface area (Å²) < 4.78 is 7.21. The first kappa shape index (κ1) is 19.9. The fraction of sp³-hybridized carbons (Fsp3) is 0.348. The lowest BCUT2D eigenvalue weighted by Crippen LogP contribution is -2.46. The molecule has 1 saturated heterocycles. The first-order valence-electron chi connectivity index (χ1n) is 10.2. The molecule has 7 heteroatoms. The molecule has 1 N–H and O–H groups in total. The van der Waals surface area contributed by atoms with Gasteiger partial charge in [-0.3, -0.25) is 9.59 Å². The highest BCUT2D eigenvalue weighted by Gasteiger charge is 2.34. The van der Waals surface area contributed by atoms with Gasteiger partial charge in [0.05, 0.1) is 12.1 Å². The van der Waals surface area contributed by atoms with Crippen LogP contribution in [0.25, 0.3) is 11.3 Å². The van der Waals surface area contributed by atoms with E-state index in [1.807, 2.05) is 38.4 Å². The SMILES string of the molecule is Cc1cc(CC(=O)N2CCCC2C(=O)NCc2cccc(-c3cccn3C)c2)on1. The number of aromatic nitrogens is 2. The maximum absolute atomic E-state index is 12.8. The number of likely N-dealkylation sites (tertiary alicyclic amines) is 1. The molecule has 1 atom stereocenters. The summed E-state index contributed by atoms with van der Waals surface area (Å²) in [5, 5.41) is 6.82. The molecule has 0 bridgehead atoms. The van der Waals surface area contributed by atoms with Gasteiger partial charge in [0.2, 0.25) is 11.8 Å². The van der Waals surface area contributed by atoms with E-state index in [1.165, 1.54) is 0 Å². The molecule has 0 saturated carbocycles. The largest absolute Gasteiger partial charge is 0.361 e. The lowest BCUT2D eigenvalue weighted by molar-refractivity contribution is -0.138. The van der Waals surface area contributed by atoms with Gasteiger partial charge in [0.25, 0.3) is 0 Å². The molecule has 7 nitrogen and oxygen atoms in total. The molecule has 1 aliphatic rings. The fourth-order valence-electron chi connectivity index (χ4n) is 4.00. The first-order valence-corrected chi connectivity index (χ1v) is 10.2. The van der Waals surface area contributed by atoms with Crippen molar-refractivity contribution in [1.29, 1.82) is 0 Å². The molecule has 2 amide bonds. The van der Waals surface area contributed by atoms with E-state index >= 15 is 0 Å². The summed E-state index contributed by atoms with van der Waals surface area (Å²) in [6.07, 6.45) is 3.64. The van der Waals surface area contributed by atoms with Crippen LogP contribution in [0.4, 0.5) is 0 Å². The maximum Gasteiger partial charge on any atom is 0.243 e. The third-order valence-corrected chi connectivity index (χ3v) is 5.51. The summed E-state index contributed by atoms with van der Waals surface area (Å²) in [6.45, 7) is 2.83. The highest BCUT2D eigenvalue weighted by molar-refractivity contribution is 5.88. The predicted octanol–water partition coefficient (Wildman–Crippen LogP) is 2.84. The second kappa shape index (κ2) is 8.57. The van der Waals surface area contributed by atoms with Gasteiger partial charge in [-0.1, -0.05) is 23.4 Å². The number of rotatable bonds is 6. The Morgan fingerprint density at radius 2 is 2.10 bits per heavy atom. The molecular weight excluding hydrogens is 380 g/mol. The molecule has 1 unspecified atom stereocenters. The fourth-order valence-corrected chi connectivity index (χ4v) is 4.00. The van der Waals surface area contributed by atoms with Crippen molar-refractivity contribution in [3.05, 3.63) is 65.7 Å². The number of nitrogens with one attached hydrogen (secondary N) is 1. The standard InChI is InChI=1S/C23H26N4O3/c1-16-12-19(30-25-16)14-22(28)27-11-5-9-21(27)23(29)24-15-17-6-3-7-18(13-17)20-8-4-10-26(20)2/h3-4,6-8,10,12-13,21H,5,9,11,14-15H2,1-2H3,(H,24,29). The summed E-state index contributed by atoms with van der Waals surface area (Å²) in [7, 11) is 2.01. The molecule has 1 fully saturated rings. The lowest BCUT2D eigenvalue weighted by atomic mass is 10.1. The van der Waals surface area contributed by atoms with Crippen LogP contribution in [-0.4, -0.2) is 39.0 Å². The van der Waals surface area contributed by atoms with Gasteiger partial charge in [0.15, 0.2) is 0 Å². The van der Waals surface area contributed by atoms with Gasteiger partial charge in [-0.15, -0.1) is 0 Å². The smallest absolute Gasteiger partial charge is 0.243 e. The summed E-state index contributed by atoms with van der Waals surface area (Å²) >= 11 is 0. The van der Waals surface area contributed by atoms with Crippen LogP contribution < -0.4 is 5.32 Å². The third-order valence-electron chi connectivity index (χ3n) is 5.51. The third kappa shape index (κ3) is 4.30. The minimum Gasteiger partial charge on any atom is -0.361 e. The van der Waals surface area contributed by atoms with Crippen molar-refractivity contribution < 1.29 is 14.1 Å². The molecule has 3 aromatic rings. The summed E-state index contributed by atoms with van der Waals surface area (Å²) in [4.78, 5) is 27.2. The first-order chi connectivity index (χ1) is 14.5. The summed E-state index contributed by atoms with van der Waals surface area (Å²) in [6, 6.07) is 13.5. The van der Waals surface area contributed by atoms with Crippen LogP contribution in [0.3, 0.4) is 0 Å². The van der Waals surface area contributed by atoms with E-state index in [4.69, 9.17) is 4.52 Å². The van der Waals surface area contributed by atoms with Gasteiger partial charge >= 0.3 is 0 Å². The quantitative estimate of drug-likeness (QED) is 0.683. The normalized spacial score (nSPS) is 16.1. The monoisotopic (exact) mass is 406 g/mol. The van der Waals surface area contributed by atoms with Crippen LogP contribution in [-0.2, 0) is 29.6 Å². The highest BCUT2D eigenvalue weighted by atomic mass is 16.5. The molecule has 0 aliphatic carbocycles. The predicted molar refractivity (Wildman–Crippen MR) is 112 cm³/mol. The van der Waals surface area contributed by atoms with Gasteiger partial charge < -0.3 is 19.3 Å². The molecule has 1 aromatic carbocycles. The zero-order valence-electron chi connectivity index (χ0n) is 17.3. The Morgan fingerprint density at radius 3 is 2.83 bits per heavy atom. The van der Waals surface area contributed by atoms with Crippen molar-refractivity contribution in [1.82, 2.24) is 19.9 Å². The Balaban J connectivity index is 1.37. The molecule has 0 spiro atoms. The van der Waals surface area contributed by atoms with Crippen LogP contribution in [0.1, 0.15) is 29.9 Å². The number of hydrogen-bond donors (Lipinski definition) is 1. The van der Waals surface area contributed by atoms with Gasteiger partial charge in [-0.25, -0.2) is 0 Å². The Morgan fingerprint density at radius 1 is 1.23 bits per heavy atom. The van der Waals surface area contributed by atoms with Crippen molar-refractivity contribution in [2.75, 3.05) is 6.54 Å². The Labute approximate surface area is 175 Å². The zero-order valence-corrected chi connectivity index (χ0v) is 17.3. The van der Waals surface area contributed by atoms with Crippen LogP contribution in [0, 0.1) is 6.92 Å². The van der Waals surface area contributed by atoms with Crippen LogP contribution >= 0.6 is 0 Å². The molecular formula is C23H26N4O3. The minimum absolute atomic E-state index is 0.102. The van der Waals surface area contributed by atoms with Gasteiger partial charge in [0.1, 0.15) is 11.8 Å². The number of carbonyl (C=O) groups is 2. The molecule has 1 aliphatic heterocycles. The van der Waals surface area contributed by atoms with Gasteiger partial charge in [-0.05, 0) is 49.1 Å². The number of benzene rings is 1. The highest BCUT2D eigenvalue weighted by Crippen LogP contribution is 2.22. The maximum atomic E-state index is 12.8. The number of carbonyl (C=O) groups excluding carboxylic acids is 2. The van der Waals surface area contributed by atoms with Crippen LogP contribution in [0.2, 0.25) is 0 Å². The van der Waals surface area contributed by atoms with E-state index in [0.29, 0.717) is 25.3 Å². The molecule has 30 heavy (non-hydrogen) atoms. The second-order valence-electron chi connectivity index (χ2n) is 7.78. The van der Waals surface area contributed by atoms with Gasteiger partial charge in [0, 0.05) is 38.1 Å². The average Bonchev–Trinajstić information content (AvgIpc) is 3.47.